The Labute approximate surface area is 161 Å². The second-order valence-corrected chi connectivity index (χ2v) is 6.75. The zero-order valence-corrected chi connectivity index (χ0v) is 15.9. The summed E-state index contributed by atoms with van der Waals surface area (Å²) >= 11 is 0. The van der Waals surface area contributed by atoms with Crippen molar-refractivity contribution in [3.8, 4) is 11.8 Å². The lowest BCUT2D eigenvalue weighted by molar-refractivity contribution is -0.110. The van der Waals surface area contributed by atoms with E-state index in [0.717, 1.165) is 0 Å². The Morgan fingerprint density at radius 1 is 1.39 bits per heavy atom. The number of carbonyl (C=O) groups is 2. The number of imidazole rings is 1. The first-order valence-electron chi connectivity index (χ1n) is 8.47. The standard InChI is InChI=1S/C20H19FN4O3/c1-11-16(23-10-22-11)9-13-17-12(7-8-20(2,3)25-19(27)28-4)14(21)5-6-15(17)24-18(13)26/h5-6,9-10H,1-4H3,(H,22,23)(H,24,26)(H,25,27). The molecule has 0 radical (unpaired) electrons. The first-order chi connectivity index (χ1) is 13.2. The van der Waals surface area contributed by atoms with Crippen molar-refractivity contribution in [2.24, 2.45) is 0 Å². The fourth-order valence-corrected chi connectivity index (χ4v) is 2.74. The van der Waals surface area contributed by atoms with Gasteiger partial charge in [0.2, 0.25) is 0 Å². The van der Waals surface area contributed by atoms with Gasteiger partial charge < -0.3 is 20.4 Å². The molecular weight excluding hydrogens is 363 g/mol. The molecule has 2 aromatic rings. The van der Waals surface area contributed by atoms with Crippen LogP contribution < -0.4 is 10.6 Å². The molecule has 2 amide bonds. The fraction of sp³-hybridized carbons (Fsp3) is 0.250. The number of aromatic amines is 1. The number of benzene rings is 1. The lowest BCUT2D eigenvalue weighted by Gasteiger charge is -2.18. The minimum atomic E-state index is -0.970. The molecular formula is C20H19FN4O3. The van der Waals surface area contributed by atoms with Crippen molar-refractivity contribution in [2.45, 2.75) is 26.3 Å². The number of ether oxygens (including phenoxy) is 1. The van der Waals surface area contributed by atoms with E-state index in [1.807, 2.05) is 0 Å². The molecule has 7 nitrogen and oxygen atoms in total. The summed E-state index contributed by atoms with van der Waals surface area (Å²) in [6.07, 6.45) is 2.49. The van der Waals surface area contributed by atoms with Crippen LogP contribution in [-0.2, 0) is 9.53 Å². The summed E-state index contributed by atoms with van der Waals surface area (Å²) in [4.78, 5) is 31.0. The molecule has 3 rings (SSSR count). The van der Waals surface area contributed by atoms with Crippen LogP contribution >= 0.6 is 0 Å². The summed E-state index contributed by atoms with van der Waals surface area (Å²) in [5.74, 6) is 4.68. The van der Waals surface area contributed by atoms with E-state index in [0.29, 0.717) is 22.6 Å². The number of rotatable bonds is 2. The van der Waals surface area contributed by atoms with Gasteiger partial charge in [-0.3, -0.25) is 4.79 Å². The van der Waals surface area contributed by atoms with E-state index < -0.39 is 17.4 Å². The number of aryl methyl sites for hydroxylation is 1. The van der Waals surface area contributed by atoms with Crippen molar-refractivity contribution >= 4 is 29.3 Å². The van der Waals surface area contributed by atoms with Crippen LogP contribution in [0.2, 0.25) is 0 Å². The van der Waals surface area contributed by atoms with Crippen LogP contribution in [0.3, 0.4) is 0 Å². The van der Waals surface area contributed by atoms with Crippen LogP contribution in [-0.4, -0.2) is 34.6 Å². The SMILES string of the molecule is COC(=O)NC(C)(C)C#Cc1c(F)ccc2c1C(=Cc1[nH]cnc1C)C(=O)N2. The monoisotopic (exact) mass is 382 g/mol. The Morgan fingerprint density at radius 2 is 2.14 bits per heavy atom. The minimum absolute atomic E-state index is 0.0685. The Balaban J connectivity index is 2.10. The Kier molecular flexibility index (Phi) is 4.92. The average molecular weight is 382 g/mol. The highest BCUT2D eigenvalue weighted by atomic mass is 19.1. The number of amides is 2. The lowest BCUT2D eigenvalue weighted by atomic mass is 9.97. The van der Waals surface area contributed by atoms with Gasteiger partial charge in [-0.1, -0.05) is 11.8 Å². The van der Waals surface area contributed by atoms with E-state index in [9.17, 15) is 14.0 Å². The minimum Gasteiger partial charge on any atom is -0.453 e. The molecule has 0 unspecified atom stereocenters. The van der Waals surface area contributed by atoms with Crippen molar-refractivity contribution in [1.29, 1.82) is 0 Å². The maximum Gasteiger partial charge on any atom is 0.408 e. The number of methoxy groups -OCH3 is 1. The molecule has 8 heteroatoms. The molecule has 144 valence electrons. The van der Waals surface area contributed by atoms with E-state index in [2.05, 4.69) is 37.2 Å². The van der Waals surface area contributed by atoms with Gasteiger partial charge >= 0.3 is 6.09 Å². The smallest absolute Gasteiger partial charge is 0.408 e. The van der Waals surface area contributed by atoms with Crippen LogP contribution in [0.5, 0.6) is 0 Å². The van der Waals surface area contributed by atoms with Gasteiger partial charge in [-0.2, -0.15) is 0 Å². The molecule has 1 aliphatic heterocycles. The Morgan fingerprint density at radius 3 is 2.79 bits per heavy atom. The van der Waals surface area contributed by atoms with E-state index in [4.69, 9.17) is 0 Å². The molecule has 0 aliphatic carbocycles. The number of nitrogens with one attached hydrogen (secondary N) is 3. The summed E-state index contributed by atoms with van der Waals surface area (Å²) < 4.78 is 19.2. The Hall–Kier alpha value is -3.60. The third-order valence-electron chi connectivity index (χ3n) is 4.17. The number of nitrogens with zero attached hydrogens (tertiary/aromatic N) is 1. The van der Waals surface area contributed by atoms with Crippen LogP contribution in [0.4, 0.5) is 14.9 Å². The Bertz CT molecular complexity index is 1060. The third-order valence-corrected chi connectivity index (χ3v) is 4.17. The molecule has 0 saturated carbocycles. The average Bonchev–Trinajstić information content (AvgIpc) is 3.17. The van der Waals surface area contributed by atoms with E-state index in [1.54, 1.807) is 26.8 Å². The summed E-state index contributed by atoms with van der Waals surface area (Å²) in [6.45, 7) is 5.11. The highest BCUT2D eigenvalue weighted by Crippen LogP contribution is 2.36. The number of hydrogen-bond acceptors (Lipinski definition) is 4. The van der Waals surface area contributed by atoms with Crippen molar-refractivity contribution in [2.75, 3.05) is 12.4 Å². The number of alkyl carbamates (subject to hydrolysis) is 1. The summed E-state index contributed by atoms with van der Waals surface area (Å²) in [5.41, 5.74) is 1.58. The summed E-state index contributed by atoms with van der Waals surface area (Å²) in [6, 6.07) is 2.74. The van der Waals surface area contributed by atoms with Gasteiger partial charge in [-0.15, -0.1) is 0 Å². The molecule has 28 heavy (non-hydrogen) atoms. The summed E-state index contributed by atoms with van der Waals surface area (Å²) in [5, 5.41) is 5.28. The molecule has 1 aliphatic rings. The van der Waals surface area contributed by atoms with Gasteiger partial charge in [-0.25, -0.2) is 14.2 Å². The zero-order chi connectivity index (χ0) is 20.5. The predicted molar refractivity (Wildman–Crippen MR) is 103 cm³/mol. The molecule has 1 aromatic heterocycles. The highest BCUT2D eigenvalue weighted by molar-refractivity contribution is 6.35. The number of hydrogen-bond donors (Lipinski definition) is 3. The maximum atomic E-state index is 14.6. The molecule has 0 atom stereocenters. The third kappa shape index (κ3) is 3.74. The highest BCUT2D eigenvalue weighted by Gasteiger charge is 2.29. The van der Waals surface area contributed by atoms with Crippen molar-refractivity contribution < 1.29 is 18.7 Å². The topological polar surface area (TPSA) is 96.1 Å². The first kappa shape index (κ1) is 19.2. The summed E-state index contributed by atoms with van der Waals surface area (Å²) in [7, 11) is 1.24. The van der Waals surface area contributed by atoms with Crippen LogP contribution in [0.15, 0.2) is 18.5 Å². The number of halogens is 1. The van der Waals surface area contributed by atoms with Crippen LogP contribution in [0, 0.1) is 24.6 Å². The van der Waals surface area contributed by atoms with Gasteiger partial charge in [-0.05, 0) is 39.0 Å². The second-order valence-electron chi connectivity index (χ2n) is 6.75. The number of fused-ring (bicyclic) bond motifs is 1. The zero-order valence-electron chi connectivity index (χ0n) is 15.9. The first-order valence-corrected chi connectivity index (χ1v) is 8.47. The van der Waals surface area contributed by atoms with Gasteiger partial charge in [0, 0.05) is 5.56 Å². The van der Waals surface area contributed by atoms with Crippen LogP contribution in [0.25, 0.3) is 11.6 Å². The number of carbonyl (C=O) groups excluding carboxylic acids is 2. The molecule has 2 heterocycles. The molecule has 0 bridgehead atoms. The quantitative estimate of drug-likeness (QED) is 0.550. The molecule has 3 N–H and O–H groups in total. The van der Waals surface area contributed by atoms with Crippen molar-refractivity contribution in [1.82, 2.24) is 15.3 Å². The molecule has 1 aromatic carbocycles. The van der Waals surface area contributed by atoms with Gasteiger partial charge in [0.1, 0.15) is 5.82 Å². The van der Waals surface area contributed by atoms with E-state index in [-0.39, 0.29) is 17.0 Å². The normalized spacial score (nSPS) is 14.2. The van der Waals surface area contributed by atoms with Gasteiger partial charge in [0.05, 0.1) is 47.2 Å². The molecule has 0 spiro atoms. The maximum absolute atomic E-state index is 14.6. The predicted octanol–water partition coefficient (Wildman–Crippen LogP) is 2.84. The number of aromatic nitrogens is 2. The lowest BCUT2D eigenvalue weighted by Crippen LogP contribution is -2.42. The van der Waals surface area contributed by atoms with Gasteiger partial charge in [0.25, 0.3) is 5.91 Å². The molecule has 0 saturated heterocycles. The number of H-pyrrole nitrogens is 1. The largest absolute Gasteiger partial charge is 0.453 e. The van der Waals surface area contributed by atoms with E-state index in [1.165, 1.54) is 25.6 Å². The molecule has 0 fully saturated rings. The van der Waals surface area contributed by atoms with Crippen LogP contribution in [0.1, 0.15) is 36.4 Å². The number of anilines is 1. The fourth-order valence-electron chi connectivity index (χ4n) is 2.74. The van der Waals surface area contributed by atoms with E-state index >= 15 is 0 Å². The van der Waals surface area contributed by atoms with Gasteiger partial charge in [0.15, 0.2) is 0 Å². The second kappa shape index (κ2) is 7.19. The van der Waals surface area contributed by atoms with Crippen molar-refractivity contribution in [3.05, 3.63) is 46.8 Å². The van der Waals surface area contributed by atoms with Crippen molar-refractivity contribution in [3.63, 3.8) is 0 Å².